The van der Waals surface area contributed by atoms with Crippen molar-refractivity contribution in [2.75, 3.05) is 19.0 Å². The van der Waals surface area contributed by atoms with Crippen LogP contribution in [-0.2, 0) is 16.1 Å². The van der Waals surface area contributed by atoms with Crippen LogP contribution in [0, 0.1) is 0 Å². The second-order valence-corrected chi connectivity index (χ2v) is 2.98. The highest BCUT2D eigenvalue weighted by Crippen LogP contribution is 2.06. The zero-order valence-electron chi connectivity index (χ0n) is 9.34. The number of carbonyl (C=O) groups is 1. The molecule has 0 fully saturated rings. The first-order valence-electron chi connectivity index (χ1n) is 4.78. The van der Waals surface area contributed by atoms with Gasteiger partial charge in [-0.3, -0.25) is 4.79 Å². The number of ether oxygens (including phenoxy) is 1. The Morgan fingerprint density at radius 2 is 2.44 bits per heavy atom. The van der Waals surface area contributed by atoms with E-state index in [1.165, 1.54) is 7.11 Å². The van der Waals surface area contributed by atoms with Crippen LogP contribution in [-0.4, -0.2) is 35.4 Å². The predicted molar refractivity (Wildman–Crippen MR) is 63.6 cm³/mol. The molecule has 0 aromatic carbocycles. The summed E-state index contributed by atoms with van der Waals surface area (Å²) in [6.45, 7) is 2.80. The first-order valence-corrected chi connectivity index (χ1v) is 4.78. The fourth-order valence-corrected chi connectivity index (χ4v) is 1.21. The summed E-state index contributed by atoms with van der Waals surface area (Å²) in [6.07, 6.45) is 1.01. The number of nitrogens with two attached hydrogens (primary N) is 1. The molecule has 0 aliphatic heterocycles. The molecule has 1 rings (SSSR count). The minimum absolute atomic E-state index is 0. The van der Waals surface area contributed by atoms with Gasteiger partial charge in [0.1, 0.15) is 11.9 Å². The van der Waals surface area contributed by atoms with Crippen molar-refractivity contribution >= 4 is 24.1 Å². The first-order chi connectivity index (χ1) is 7.22. The van der Waals surface area contributed by atoms with Crippen molar-refractivity contribution in [1.82, 2.24) is 9.78 Å². The molecule has 16 heavy (non-hydrogen) atoms. The van der Waals surface area contributed by atoms with Gasteiger partial charge in [-0.25, -0.2) is 4.68 Å². The lowest BCUT2D eigenvalue weighted by molar-refractivity contribution is -0.125. The normalized spacial score (nSPS) is 11.7. The van der Waals surface area contributed by atoms with Crippen LogP contribution in [0.15, 0.2) is 12.3 Å². The third-order valence-corrected chi connectivity index (χ3v) is 2.06. The van der Waals surface area contributed by atoms with Crippen LogP contribution in [0.5, 0.6) is 0 Å². The number of aryl methyl sites for hydroxylation is 1. The molecular weight excluding hydrogens is 232 g/mol. The largest absolute Gasteiger partial charge is 0.370 e. The van der Waals surface area contributed by atoms with Crippen LogP contribution < -0.4 is 11.1 Å². The first kappa shape index (κ1) is 14.9. The monoisotopic (exact) mass is 248 g/mol. The van der Waals surface area contributed by atoms with Gasteiger partial charge >= 0.3 is 0 Å². The molecule has 0 bridgehead atoms. The Morgan fingerprint density at radius 3 is 2.94 bits per heavy atom. The fourth-order valence-electron chi connectivity index (χ4n) is 1.21. The van der Waals surface area contributed by atoms with E-state index >= 15 is 0 Å². The molecule has 0 aliphatic carbocycles. The molecule has 0 radical (unpaired) electrons. The van der Waals surface area contributed by atoms with E-state index in [2.05, 4.69) is 10.4 Å². The molecular formula is C9H17ClN4O2. The van der Waals surface area contributed by atoms with Crippen molar-refractivity contribution in [3.05, 3.63) is 12.3 Å². The number of rotatable bonds is 5. The standard InChI is InChI=1S/C9H16N4O2.ClH/c1-3-13-8(4-5-11-13)12-9(14)7(6-10)15-2;/h4-5,7H,3,6,10H2,1-2H3,(H,12,14);1H. The molecule has 7 heteroatoms. The molecule has 0 saturated heterocycles. The van der Waals surface area contributed by atoms with Crippen LogP contribution in [0.1, 0.15) is 6.92 Å². The quantitative estimate of drug-likeness (QED) is 0.782. The number of hydrogen-bond donors (Lipinski definition) is 2. The molecule has 1 heterocycles. The minimum atomic E-state index is -0.620. The van der Waals surface area contributed by atoms with E-state index in [1.54, 1.807) is 16.9 Å². The van der Waals surface area contributed by atoms with Gasteiger partial charge < -0.3 is 15.8 Å². The van der Waals surface area contributed by atoms with Crippen molar-refractivity contribution in [2.45, 2.75) is 19.6 Å². The van der Waals surface area contributed by atoms with E-state index in [1.807, 2.05) is 6.92 Å². The summed E-state index contributed by atoms with van der Waals surface area (Å²) in [5.74, 6) is 0.396. The van der Waals surface area contributed by atoms with Crippen molar-refractivity contribution < 1.29 is 9.53 Å². The molecule has 3 N–H and O–H groups in total. The average molecular weight is 249 g/mol. The maximum absolute atomic E-state index is 11.6. The van der Waals surface area contributed by atoms with Crippen LogP contribution in [0.2, 0.25) is 0 Å². The zero-order valence-corrected chi connectivity index (χ0v) is 10.2. The zero-order chi connectivity index (χ0) is 11.3. The minimum Gasteiger partial charge on any atom is -0.370 e. The predicted octanol–water partition coefficient (Wildman–Crippen LogP) is 0.237. The van der Waals surface area contributed by atoms with E-state index in [-0.39, 0.29) is 24.9 Å². The van der Waals surface area contributed by atoms with Crippen LogP contribution in [0.25, 0.3) is 0 Å². The summed E-state index contributed by atoms with van der Waals surface area (Å²) in [5, 5.41) is 6.73. The van der Waals surface area contributed by atoms with E-state index in [4.69, 9.17) is 10.5 Å². The summed E-state index contributed by atoms with van der Waals surface area (Å²) < 4.78 is 6.60. The smallest absolute Gasteiger partial charge is 0.255 e. The molecule has 1 unspecified atom stereocenters. The second-order valence-electron chi connectivity index (χ2n) is 2.98. The molecule has 1 aromatic rings. The summed E-state index contributed by atoms with van der Waals surface area (Å²) in [7, 11) is 1.45. The number of carbonyl (C=O) groups excluding carboxylic acids is 1. The van der Waals surface area contributed by atoms with Crippen LogP contribution in [0.3, 0.4) is 0 Å². The molecule has 0 saturated carbocycles. The number of anilines is 1. The maximum atomic E-state index is 11.6. The summed E-state index contributed by atoms with van der Waals surface area (Å²) in [6, 6.07) is 1.73. The lowest BCUT2D eigenvalue weighted by atomic mass is 10.3. The second kappa shape index (κ2) is 7.21. The lowest BCUT2D eigenvalue weighted by Gasteiger charge is -2.13. The highest BCUT2D eigenvalue weighted by molar-refractivity contribution is 5.93. The van der Waals surface area contributed by atoms with E-state index in [0.29, 0.717) is 12.4 Å². The number of methoxy groups -OCH3 is 1. The van der Waals surface area contributed by atoms with Crippen LogP contribution >= 0.6 is 12.4 Å². The number of aromatic nitrogens is 2. The Kier molecular flexibility index (Phi) is 6.71. The number of hydrogen-bond acceptors (Lipinski definition) is 4. The van der Waals surface area contributed by atoms with Gasteiger partial charge in [-0.15, -0.1) is 12.4 Å². The van der Waals surface area contributed by atoms with Crippen molar-refractivity contribution in [1.29, 1.82) is 0 Å². The number of halogens is 1. The topological polar surface area (TPSA) is 82.2 Å². The molecule has 6 nitrogen and oxygen atoms in total. The van der Waals surface area contributed by atoms with Gasteiger partial charge in [0.05, 0.1) is 6.20 Å². The summed E-state index contributed by atoms with van der Waals surface area (Å²) in [5.41, 5.74) is 5.38. The summed E-state index contributed by atoms with van der Waals surface area (Å²) in [4.78, 5) is 11.6. The third kappa shape index (κ3) is 3.48. The third-order valence-electron chi connectivity index (χ3n) is 2.06. The molecule has 1 atom stereocenters. The Bertz CT molecular complexity index is 325. The van der Waals surface area contributed by atoms with Gasteiger partial charge in [0.15, 0.2) is 0 Å². The van der Waals surface area contributed by atoms with Gasteiger partial charge in [-0.2, -0.15) is 5.10 Å². The van der Waals surface area contributed by atoms with Gasteiger partial charge in [0.2, 0.25) is 0 Å². The molecule has 92 valence electrons. The molecule has 0 spiro atoms. The van der Waals surface area contributed by atoms with Crippen molar-refractivity contribution in [3.63, 3.8) is 0 Å². The fraction of sp³-hybridized carbons (Fsp3) is 0.556. The number of nitrogens with zero attached hydrogens (tertiary/aromatic N) is 2. The van der Waals surface area contributed by atoms with Crippen molar-refractivity contribution in [2.24, 2.45) is 5.73 Å². The maximum Gasteiger partial charge on any atom is 0.255 e. The summed E-state index contributed by atoms with van der Waals surface area (Å²) >= 11 is 0. The van der Waals surface area contributed by atoms with Crippen molar-refractivity contribution in [3.8, 4) is 0 Å². The van der Waals surface area contributed by atoms with E-state index in [0.717, 1.165) is 0 Å². The van der Waals surface area contributed by atoms with Gasteiger partial charge in [0.25, 0.3) is 5.91 Å². The number of amides is 1. The highest BCUT2D eigenvalue weighted by Gasteiger charge is 2.16. The van der Waals surface area contributed by atoms with Crippen LogP contribution in [0.4, 0.5) is 5.82 Å². The van der Waals surface area contributed by atoms with E-state index in [9.17, 15) is 4.79 Å². The molecule has 1 amide bonds. The van der Waals surface area contributed by atoms with E-state index < -0.39 is 6.10 Å². The molecule has 0 aliphatic rings. The lowest BCUT2D eigenvalue weighted by Crippen LogP contribution is -2.36. The Morgan fingerprint density at radius 1 is 1.75 bits per heavy atom. The molecule has 1 aromatic heterocycles. The highest BCUT2D eigenvalue weighted by atomic mass is 35.5. The van der Waals surface area contributed by atoms with Gasteiger partial charge in [-0.05, 0) is 6.92 Å². The Hall–Kier alpha value is -1.11. The van der Waals surface area contributed by atoms with Gasteiger partial charge in [0, 0.05) is 26.3 Å². The van der Waals surface area contributed by atoms with Gasteiger partial charge in [-0.1, -0.05) is 0 Å². The Labute approximate surface area is 101 Å². The number of nitrogens with one attached hydrogen (secondary N) is 1. The average Bonchev–Trinajstić information content (AvgIpc) is 2.67. The SMILES string of the molecule is CCn1nccc1NC(=O)C(CN)OC.Cl. The Balaban J connectivity index is 0.00000225.